The van der Waals surface area contributed by atoms with Gasteiger partial charge in [-0.25, -0.2) is 13.8 Å². The number of pyridine rings is 2. The van der Waals surface area contributed by atoms with Crippen LogP contribution < -0.4 is 20.3 Å². The highest BCUT2D eigenvalue weighted by Gasteiger charge is 2.34. The third kappa shape index (κ3) is 4.11. The van der Waals surface area contributed by atoms with Crippen LogP contribution >= 0.6 is 7.37 Å². The first kappa shape index (κ1) is 25.3. The van der Waals surface area contributed by atoms with Gasteiger partial charge in [0, 0.05) is 68.7 Å². The number of nitrogens with zero attached hydrogens (tertiary/aromatic N) is 5. The Bertz CT molecular complexity index is 1800. The largest absolute Gasteiger partial charge is 0.359 e. The van der Waals surface area contributed by atoms with Crippen molar-refractivity contribution in [2.75, 3.05) is 40.7 Å². The lowest BCUT2D eigenvalue weighted by Gasteiger charge is -2.39. The first-order chi connectivity index (χ1) is 18.4. The summed E-state index contributed by atoms with van der Waals surface area (Å²) in [5.74, 6) is -2.04. The maximum Gasteiger partial charge on any atom is 0.274 e. The zero-order valence-corrected chi connectivity index (χ0v) is 22.3. The van der Waals surface area contributed by atoms with E-state index in [1.807, 2.05) is 0 Å². The Hall–Kier alpha value is -4.02. The molecular weight excluding hydrogens is 529 g/mol. The van der Waals surface area contributed by atoms with Gasteiger partial charge in [0.1, 0.15) is 11.3 Å². The number of carbonyl (C=O) groups is 1. The molecule has 1 aromatic carbocycles. The van der Waals surface area contributed by atoms with Crippen LogP contribution in [0.15, 0.2) is 41.6 Å². The molecule has 0 radical (unpaired) electrons. The van der Waals surface area contributed by atoms with Crippen LogP contribution in [0.1, 0.15) is 12.5 Å². The summed E-state index contributed by atoms with van der Waals surface area (Å²) in [5.41, 5.74) is 3.63. The molecule has 5 heterocycles. The second kappa shape index (κ2) is 8.75. The molecule has 0 saturated carbocycles. The average Bonchev–Trinajstić information content (AvgIpc) is 3.22. The van der Waals surface area contributed by atoms with E-state index in [-0.39, 0.29) is 36.7 Å². The summed E-state index contributed by atoms with van der Waals surface area (Å²) >= 11 is 0. The molecule has 1 amide bonds. The fourth-order valence-electron chi connectivity index (χ4n) is 5.54. The summed E-state index contributed by atoms with van der Waals surface area (Å²) in [5, 5.41) is 0.651. The number of carbonyl (C=O) groups excluding carboxylic acids is 1. The molecule has 0 aliphatic carbocycles. The molecule has 1 atom stereocenters. The summed E-state index contributed by atoms with van der Waals surface area (Å²) in [6.45, 7) is 3.43. The van der Waals surface area contributed by atoms with E-state index in [1.54, 1.807) is 46.3 Å². The molecule has 2 aliphatic heterocycles. The molecule has 39 heavy (non-hydrogen) atoms. The van der Waals surface area contributed by atoms with E-state index in [1.165, 1.54) is 18.2 Å². The topological polar surface area (TPSA) is 115 Å². The lowest BCUT2D eigenvalue weighted by molar-refractivity contribution is -0.116. The molecule has 13 heteroatoms. The van der Waals surface area contributed by atoms with Crippen molar-refractivity contribution in [1.29, 1.82) is 0 Å². The van der Waals surface area contributed by atoms with E-state index >= 15 is 4.39 Å². The van der Waals surface area contributed by atoms with Crippen LogP contribution in [-0.2, 0) is 23.0 Å². The van der Waals surface area contributed by atoms with Crippen molar-refractivity contribution in [1.82, 2.24) is 14.5 Å². The van der Waals surface area contributed by atoms with Crippen molar-refractivity contribution in [3.63, 3.8) is 0 Å². The van der Waals surface area contributed by atoms with Gasteiger partial charge in [0.15, 0.2) is 11.6 Å². The van der Waals surface area contributed by atoms with Crippen molar-refractivity contribution in [2.45, 2.75) is 13.5 Å². The fraction of sp³-hybridized carbons (Fsp3) is 0.269. The lowest BCUT2D eigenvalue weighted by Crippen LogP contribution is -2.43. The maximum atomic E-state index is 15.2. The van der Waals surface area contributed by atoms with Crippen LogP contribution in [0.4, 0.5) is 31.7 Å². The van der Waals surface area contributed by atoms with Crippen LogP contribution in [0, 0.1) is 11.6 Å². The van der Waals surface area contributed by atoms with Crippen LogP contribution in [0.2, 0.25) is 0 Å². The normalized spacial score (nSPS) is 16.1. The Morgan fingerprint density at radius 3 is 2.62 bits per heavy atom. The van der Waals surface area contributed by atoms with Crippen molar-refractivity contribution in [2.24, 2.45) is 7.05 Å². The minimum absolute atomic E-state index is 0.103. The van der Waals surface area contributed by atoms with Gasteiger partial charge < -0.3 is 29.1 Å². The number of benzene rings is 1. The molecule has 0 bridgehead atoms. The van der Waals surface area contributed by atoms with Crippen molar-refractivity contribution < 1.29 is 23.0 Å². The zero-order chi connectivity index (χ0) is 27.8. The molecular formula is C26H25F2N6O4P. The molecule has 2 aliphatic rings. The predicted molar refractivity (Wildman–Crippen MR) is 145 cm³/mol. The Kier molecular flexibility index (Phi) is 5.67. The SMILES string of the molecule is CC(=O)N1CCN(CP(C)(=O)O)c2cc3c(cc21)N(c1ncc(F)cc1F)Cc1c[nH]c2c(=O)n(C)cc-3c12. The molecule has 4 aromatic rings. The van der Waals surface area contributed by atoms with E-state index in [0.717, 1.165) is 12.3 Å². The summed E-state index contributed by atoms with van der Waals surface area (Å²) in [7, 11) is -1.85. The number of rotatable bonds is 3. The zero-order valence-electron chi connectivity index (χ0n) is 21.4. The van der Waals surface area contributed by atoms with Gasteiger partial charge in [0.2, 0.25) is 13.3 Å². The first-order valence-electron chi connectivity index (χ1n) is 12.2. The summed E-state index contributed by atoms with van der Waals surface area (Å²) < 4.78 is 42.9. The number of anilines is 4. The van der Waals surface area contributed by atoms with Gasteiger partial charge in [-0.3, -0.25) is 14.2 Å². The van der Waals surface area contributed by atoms with Crippen molar-refractivity contribution >= 4 is 47.1 Å². The van der Waals surface area contributed by atoms with E-state index < -0.39 is 19.0 Å². The molecule has 1 unspecified atom stereocenters. The molecule has 3 aromatic heterocycles. The number of hydrogen-bond donors (Lipinski definition) is 2. The molecule has 10 nitrogen and oxygen atoms in total. The Balaban J connectivity index is 1.70. The number of halogens is 2. The number of H-pyrrole nitrogens is 1. The van der Waals surface area contributed by atoms with Crippen LogP contribution in [0.25, 0.3) is 22.0 Å². The lowest BCUT2D eigenvalue weighted by atomic mass is 9.98. The van der Waals surface area contributed by atoms with E-state index in [0.29, 0.717) is 51.2 Å². The fourth-order valence-corrected chi connectivity index (χ4v) is 6.47. The molecule has 202 valence electrons. The van der Waals surface area contributed by atoms with Crippen LogP contribution in [0.5, 0.6) is 0 Å². The summed E-state index contributed by atoms with van der Waals surface area (Å²) in [6, 6.07) is 4.28. The quantitative estimate of drug-likeness (QED) is 0.370. The number of aryl methyl sites for hydroxylation is 1. The molecule has 0 spiro atoms. The number of fused-ring (bicyclic) bond motifs is 3. The van der Waals surface area contributed by atoms with E-state index in [9.17, 15) is 23.4 Å². The van der Waals surface area contributed by atoms with Gasteiger partial charge in [-0.1, -0.05) is 0 Å². The highest BCUT2D eigenvalue weighted by molar-refractivity contribution is 7.57. The monoisotopic (exact) mass is 554 g/mol. The third-order valence-corrected chi connectivity index (χ3v) is 8.04. The maximum absolute atomic E-state index is 15.2. The minimum Gasteiger partial charge on any atom is -0.359 e. The highest BCUT2D eigenvalue weighted by atomic mass is 31.2. The highest BCUT2D eigenvalue weighted by Crippen LogP contribution is 2.50. The standard InChI is InChI=1S/C26H25F2N6O4P/c1-14(35)33-5-4-32(13-39(3,37)38)21-7-17-18-12-31(2)26(36)24-23(18)15(9-29-24)11-34(20(17)8-22(21)33)25-19(28)6-16(27)10-30-25/h6-10,12,29H,4-5,11,13H2,1-3H3,(H,37,38). The molecule has 6 rings (SSSR count). The molecule has 2 N–H and O–H groups in total. The summed E-state index contributed by atoms with van der Waals surface area (Å²) in [4.78, 5) is 47.8. The molecule has 0 fully saturated rings. The van der Waals surface area contributed by atoms with E-state index in [4.69, 9.17) is 0 Å². The number of aromatic nitrogens is 3. The number of amides is 1. The second-order valence-electron chi connectivity index (χ2n) is 10.1. The Labute approximate surface area is 221 Å². The number of hydrogen-bond acceptors (Lipinski definition) is 6. The summed E-state index contributed by atoms with van der Waals surface area (Å²) in [6.07, 6.45) is 4.18. The molecule has 0 saturated heterocycles. The smallest absolute Gasteiger partial charge is 0.274 e. The minimum atomic E-state index is -3.48. The van der Waals surface area contributed by atoms with Gasteiger partial charge in [-0.2, -0.15) is 0 Å². The van der Waals surface area contributed by atoms with Gasteiger partial charge in [0.05, 0.1) is 36.1 Å². The Morgan fingerprint density at radius 2 is 1.92 bits per heavy atom. The van der Waals surface area contributed by atoms with Crippen LogP contribution in [-0.4, -0.2) is 51.4 Å². The second-order valence-corrected chi connectivity index (χ2v) is 12.4. The predicted octanol–water partition coefficient (Wildman–Crippen LogP) is 3.89. The third-order valence-electron chi connectivity index (χ3n) is 7.17. The average molecular weight is 554 g/mol. The van der Waals surface area contributed by atoms with E-state index in [2.05, 4.69) is 9.97 Å². The first-order valence-corrected chi connectivity index (χ1v) is 14.5. The number of aromatic amines is 1. The van der Waals surface area contributed by atoms with Gasteiger partial charge >= 0.3 is 0 Å². The van der Waals surface area contributed by atoms with Gasteiger partial charge in [0.25, 0.3) is 5.56 Å². The Morgan fingerprint density at radius 1 is 1.15 bits per heavy atom. The van der Waals surface area contributed by atoms with Gasteiger partial charge in [-0.05, 0) is 17.7 Å². The van der Waals surface area contributed by atoms with Gasteiger partial charge in [-0.15, -0.1) is 0 Å². The van der Waals surface area contributed by atoms with Crippen molar-refractivity contribution in [3.05, 3.63) is 64.3 Å². The van der Waals surface area contributed by atoms with Crippen molar-refractivity contribution in [3.8, 4) is 11.1 Å². The van der Waals surface area contributed by atoms with Crippen LogP contribution in [0.3, 0.4) is 0 Å². The number of nitrogens with one attached hydrogen (secondary N) is 1.